The average molecular weight is 374 g/mol. The fourth-order valence-corrected chi connectivity index (χ4v) is 2.84. The largest absolute Gasteiger partial charge is 0.457 e. The lowest BCUT2D eigenvalue weighted by molar-refractivity contribution is 0.0474. The van der Waals surface area contributed by atoms with E-state index in [4.69, 9.17) is 9.47 Å². The summed E-state index contributed by atoms with van der Waals surface area (Å²) in [4.78, 5) is 24.7. The van der Waals surface area contributed by atoms with E-state index in [1.54, 1.807) is 24.3 Å². The summed E-state index contributed by atoms with van der Waals surface area (Å²) in [5, 5.41) is 0. The van der Waals surface area contributed by atoms with Crippen molar-refractivity contribution in [2.24, 2.45) is 0 Å². The van der Waals surface area contributed by atoms with Crippen LogP contribution in [0.25, 0.3) is 0 Å². The van der Waals surface area contributed by atoms with Gasteiger partial charge in [0, 0.05) is 5.56 Å². The summed E-state index contributed by atoms with van der Waals surface area (Å²) in [6, 6.07) is 19.8. The minimum atomic E-state index is -0.541. The van der Waals surface area contributed by atoms with Crippen molar-refractivity contribution < 1.29 is 19.1 Å². The van der Waals surface area contributed by atoms with E-state index in [9.17, 15) is 9.59 Å². The number of hydrogen-bond donors (Lipinski definition) is 0. The zero-order valence-corrected chi connectivity index (χ0v) is 16.2. The topological polar surface area (TPSA) is 52.6 Å². The summed E-state index contributed by atoms with van der Waals surface area (Å²) in [6.45, 7) is 5.55. The molecule has 4 heteroatoms. The highest BCUT2D eigenvalue weighted by molar-refractivity contribution is 6.00. The molecular weight excluding hydrogens is 352 g/mol. The van der Waals surface area contributed by atoms with Crippen LogP contribution in [0.2, 0.25) is 0 Å². The van der Waals surface area contributed by atoms with Gasteiger partial charge < -0.3 is 9.47 Å². The molecule has 0 bridgehead atoms. The fourth-order valence-electron chi connectivity index (χ4n) is 2.84. The number of Topliss-reactive ketones (excluding diaryl/α,β-unsaturated/α-hetero) is 1. The number of carbonyl (C=O) groups is 2. The predicted octanol–water partition coefficient (Wildman–Crippen LogP) is 5.44. The Morgan fingerprint density at radius 3 is 2.04 bits per heavy atom. The number of hydrogen-bond acceptors (Lipinski definition) is 4. The van der Waals surface area contributed by atoms with Crippen LogP contribution in [-0.2, 0) is 4.74 Å². The Morgan fingerprint density at radius 1 is 0.750 bits per heavy atom. The molecule has 0 amide bonds. The highest BCUT2D eigenvalue weighted by Crippen LogP contribution is 2.21. The number of ether oxygens (including phenoxy) is 2. The Balaban J connectivity index is 1.60. The normalized spacial score (nSPS) is 10.4. The second-order valence-electron chi connectivity index (χ2n) is 6.69. The number of carbonyl (C=O) groups excluding carboxylic acids is 2. The molecule has 0 aliphatic carbocycles. The molecular formula is C24H22O4. The molecule has 0 atom stereocenters. The molecule has 0 N–H and O–H groups in total. The SMILES string of the molecule is Cc1cc(C)c(C(=O)COC(=O)c2ccc(Oc3ccccc3)cc2)cc1C. The van der Waals surface area contributed by atoms with Crippen molar-refractivity contribution in [3.8, 4) is 11.5 Å². The van der Waals surface area contributed by atoms with Crippen LogP contribution < -0.4 is 4.74 Å². The van der Waals surface area contributed by atoms with Crippen LogP contribution in [0.4, 0.5) is 0 Å². The van der Waals surface area contributed by atoms with Gasteiger partial charge in [-0.15, -0.1) is 0 Å². The van der Waals surface area contributed by atoms with Crippen LogP contribution >= 0.6 is 0 Å². The molecule has 0 spiro atoms. The summed E-state index contributed by atoms with van der Waals surface area (Å²) in [7, 11) is 0. The molecule has 3 aromatic carbocycles. The standard InChI is InChI=1S/C24H22O4/c1-16-13-18(3)22(14-17(16)2)23(25)15-27-24(26)19-9-11-21(12-10-19)28-20-7-5-4-6-8-20/h4-14H,15H2,1-3H3. The summed E-state index contributed by atoms with van der Waals surface area (Å²) in [6.07, 6.45) is 0. The monoisotopic (exact) mass is 374 g/mol. The van der Waals surface area contributed by atoms with Gasteiger partial charge in [0.1, 0.15) is 11.5 Å². The molecule has 0 unspecified atom stereocenters. The minimum Gasteiger partial charge on any atom is -0.457 e. The molecule has 0 radical (unpaired) electrons. The number of ketones is 1. The van der Waals surface area contributed by atoms with Gasteiger partial charge in [0.15, 0.2) is 6.61 Å². The Hall–Kier alpha value is -3.40. The molecule has 0 aliphatic rings. The summed E-state index contributed by atoms with van der Waals surface area (Å²) < 4.78 is 10.9. The highest BCUT2D eigenvalue weighted by atomic mass is 16.5. The third-order valence-electron chi connectivity index (χ3n) is 4.54. The third-order valence-corrected chi connectivity index (χ3v) is 4.54. The maximum atomic E-state index is 12.4. The van der Waals surface area contributed by atoms with E-state index >= 15 is 0 Å². The van der Waals surface area contributed by atoms with E-state index in [2.05, 4.69) is 0 Å². The van der Waals surface area contributed by atoms with Crippen molar-refractivity contribution in [1.82, 2.24) is 0 Å². The molecule has 0 saturated heterocycles. The van der Waals surface area contributed by atoms with Gasteiger partial charge in [-0.3, -0.25) is 4.79 Å². The van der Waals surface area contributed by atoms with Crippen LogP contribution in [0.1, 0.15) is 37.4 Å². The zero-order valence-electron chi connectivity index (χ0n) is 16.2. The van der Waals surface area contributed by atoms with E-state index in [-0.39, 0.29) is 12.4 Å². The minimum absolute atomic E-state index is 0.210. The van der Waals surface area contributed by atoms with Crippen molar-refractivity contribution in [2.75, 3.05) is 6.61 Å². The first-order valence-corrected chi connectivity index (χ1v) is 9.05. The van der Waals surface area contributed by atoms with Gasteiger partial charge in [0.25, 0.3) is 0 Å². The smallest absolute Gasteiger partial charge is 0.338 e. The Kier molecular flexibility index (Phi) is 5.90. The molecule has 0 heterocycles. The van der Waals surface area contributed by atoms with Crippen LogP contribution in [0.15, 0.2) is 66.7 Å². The van der Waals surface area contributed by atoms with Gasteiger partial charge >= 0.3 is 5.97 Å². The molecule has 0 saturated carbocycles. The van der Waals surface area contributed by atoms with Gasteiger partial charge in [-0.05, 0) is 79.9 Å². The van der Waals surface area contributed by atoms with Gasteiger partial charge in [-0.2, -0.15) is 0 Å². The molecule has 28 heavy (non-hydrogen) atoms. The lowest BCUT2D eigenvalue weighted by Gasteiger charge is -2.10. The van der Waals surface area contributed by atoms with Crippen LogP contribution in [0, 0.1) is 20.8 Å². The summed E-state index contributed by atoms with van der Waals surface area (Å²) in [5.74, 6) is 0.579. The van der Waals surface area contributed by atoms with Gasteiger partial charge in [0.05, 0.1) is 5.56 Å². The first-order valence-electron chi connectivity index (χ1n) is 9.05. The van der Waals surface area contributed by atoms with Crippen molar-refractivity contribution >= 4 is 11.8 Å². The third kappa shape index (κ3) is 4.65. The molecule has 0 fully saturated rings. The van der Waals surface area contributed by atoms with E-state index in [1.165, 1.54) is 0 Å². The maximum absolute atomic E-state index is 12.4. The number of benzene rings is 3. The van der Waals surface area contributed by atoms with Crippen molar-refractivity contribution in [2.45, 2.75) is 20.8 Å². The van der Waals surface area contributed by atoms with E-state index < -0.39 is 5.97 Å². The van der Waals surface area contributed by atoms with Gasteiger partial charge in [-0.1, -0.05) is 24.3 Å². The second kappa shape index (κ2) is 8.53. The fraction of sp³-hybridized carbons (Fsp3) is 0.167. The summed E-state index contributed by atoms with van der Waals surface area (Å²) in [5.41, 5.74) is 4.00. The second-order valence-corrected chi connectivity index (χ2v) is 6.69. The van der Waals surface area contributed by atoms with Crippen molar-refractivity contribution in [3.05, 3.63) is 94.5 Å². The van der Waals surface area contributed by atoms with Gasteiger partial charge in [0.2, 0.25) is 5.78 Å². The highest BCUT2D eigenvalue weighted by Gasteiger charge is 2.14. The lowest BCUT2D eigenvalue weighted by Crippen LogP contribution is -2.15. The first kappa shape index (κ1) is 19.4. The van der Waals surface area contributed by atoms with Crippen molar-refractivity contribution in [3.63, 3.8) is 0 Å². The number of aryl methyl sites for hydroxylation is 3. The van der Waals surface area contributed by atoms with E-state index in [0.29, 0.717) is 22.6 Å². The van der Waals surface area contributed by atoms with Gasteiger partial charge in [-0.25, -0.2) is 4.79 Å². The summed E-state index contributed by atoms with van der Waals surface area (Å²) >= 11 is 0. The van der Waals surface area contributed by atoms with E-state index in [0.717, 1.165) is 16.7 Å². The number of esters is 1. The quantitative estimate of drug-likeness (QED) is 0.426. The van der Waals surface area contributed by atoms with Crippen LogP contribution in [0.5, 0.6) is 11.5 Å². The molecule has 142 valence electrons. The molecule has 4 nitrogen and oxygen atoms in total. The molecule has 3 rings (SSSR count). The molecule has 0 aliphatic heterocycles. The van der Waals surface area contributed by atoms with E-state index in [1.807, 2.05) is 63.2 Å². The van der Waals surface area contributed by atoms with Crippen LogP contribution in [-0.4, -0.2) is 18.4 Å². The lowest BCUT2D eigenvalue weighted by atomic mass is 9.98. The zero-order chi connectivity index (χ0) is 20.1. The Morgan fingerprint density at radius 2 is 1.36 bits per heavy atom. The molecule has 0 aromatic heterocycles. The Labute approximate surface area is 164 Å². The average Bonchev–Trinajstić information content (AvgIpc) is 2.70. The molecule has 3 aromatic rings. The van der Waals surface area contributed by atoms with Crippen LogP contribution in [0.3, 0.4) is 0 Å². The predicted molar refractivity (Wildman–Crippen MR) is 108 cm³/mol. The Bertz CT molecular complexity index is 989. The number of para-hydroxylation sites is 1. The number of rotatable bonds is 6. The first-order chi connectivity index (χ1) is 13.4. The maximum Gasteiger partial charge on any atom is 0.338 e. The van der Waals surface area contributed by atoms with Crippen molar-refractivity contribution in [1.29, 1.82) is 0 Å².